The van der Waals surface area contributed by atoms with Crippen LogP contribution in [0, 0.1) is 0 Å². The number of amides is 1. The van der Waals surface area contributed by atoms with Gasteiger partial charge in [-0.25, -0.2) is 0 Å². The average molecular weight is 1280 g/mol. The van der Waals surface area contributed by atoms with Gasteiger partial charge in [0.1, 0.15) is 73.2 Å². The molecule has 3 rings (SSSR count). The fourth-order valence-corrected chi connectivity index (χ4v) is 11.1. The van der Waals surface area contributed by atoms with Crippen LogP contribution in [0.3, 0.4) is 0 Å². The van der Waals surface area contributed by atoms with Crippen LogP contribution in [0.25, 0.3) is 0 Å². The quantitative estimate of drug-likeness (QED) is 0.0200. The van der Waals surface area contributed by atoms with Gasteiger partial charge in [-0.15, -0.1) is 0 Å². The van der Waals surface area contributed by atoms with Gasteiger partial charge >= 0.3 is 0 Å². The minimum Gasteiger partial charge on any atom is -0.394 e. The number of carbonyl (C=O) groups is 1. The molecule has 0 aromatic carbocycles. The Morgan fingerprint density at radius 2 is 0.767 bits per heavy atom. The van der Waals surface area contributed by atoms with Crippen LogP contribution in [0.4, 0.5) is 0 Å². The summed E-state index contributed by atoms with van der Waals surface area (Å²) >= 11 is 0. The van der Waals surface area contributed by atoms with Gasteiger partial charge in [0.05, 0.1) is 38.6 Å². The van der Waals surface area contributed by atoms with Crippen molar-refractivity contribution in [2.45, 2.75) is 317 Å². The first-order valence-corrected chi connectivity index (χ1v) is 34.5. The Hall–Kier alpha value is -3.29. The standard InChI is InChI=1S/C71H121NO18/c1-3-5-7-9-11-13-14-15-16-17-18-19-20-21-22-23-24-25-26-27-28-29-30-31-32-33-34-35-36-37-38-39-40-41-43-45-47-49-59(77)72-54(55(76)48-46-44-42-12-10-8-6-4-2)53-85-69-65(83)62(80)67(57(51-74)87-69)90-71-66(84)63(81)68(58(52-75)88-71)89-70-64(82)61(79)60(78)56(50-73)86-70/h5,7,11,13,15-16,18-19,21-22,24-25,27-28,30-31,54-58,60-71,73-76,78-84H,3-4,6,8-10,12,14,17,20,23,26,29,32-53H2,1-2H3,(H,72,77)/b7-5-,13-11-,16-15-,19-18-,22-21-,25-24-,28-27-,31-30-. The molecule has 3 aliphatic rings. The summed E-state index contributed by atoms with van der Waals surface area (Å²) in [6, 6.07) is -0.891. The molecule has 0 aromatic rings. The lowest BCUT2D eigenvalue weighted by atomic mass is 9.96. The second-order valence-electron chi connectivity index (χ2n) is 24.3. The normalized spacial score (nSPS) is 28.7. The second kappa shape index (κ2) is 52.0. The lowest BCUT2D eigenvalue weighted by Crippen LogP contribution is -2.66. The number of aliphatic hydroxyl groups is 11. The van der Waals surface area contributed by atoms with E-state index in [4.69, 9.17) is 28.4 Å². The van der Waals surface area contributed by atoms with Crippen molar-refractivity contribution in [2.24, 2.45) is 0 Å². The first-order chi connectivity index (χ1) is 43.8. The van der Waals surface area contributed by atoms with Crippen LogP contribution < -0.4 is 5.32 Å². The SMILES string of the molecule is CC/C=C\C/C=C\C/C=C\C/C=C\C/C=C\C/C=C\C/C=C\C/C=C\CCCCCCCCCCCCCCC(=O)NC(COC1OC(CO)C(OC2OC(CO)C(OC3OC(CO)C(O)C(O)C3O)C(O)C2O)C(O)C1O)C(O)CCCCCCCCCC. The molecule has 0 aliphatic carbocycles. The monoisotopic (exact) mass is 1280 g/mol. The first kappa shape index (κ1) is 80.9. The maximum atomic E-state index is 13.3. The van der Waals surface area contributed by atoms with E-state index in [1.807, 2.05) is 0 Å². The number of nitrogens with one attached hydrogen (secondary N) is 1. The van der Waals surface area contributed by atoms with Gasteiger partial charge in [-0.2, -0.15) is 0 Å². The van der Waals surface area contributed by atoms with Crippen molar-refractivity contribution in [3.05, 3.63) is 97.2 Å². The summed E-state index contributed by atoms with van der Waals surface area (Å²) in [5, 5.41) is 120. The maximum absolute atomic E-state index is 13.3. The van der Waals surface area contributed by atoms with Gasteiger partial charge < -0.3 is 89.9 Å². The highest BCUT2D eigenvalue weighted by atomic mass is 16.8. The van der Waals surface area contributed by atoms with E-state index in [0.29, 0.717) is 12.8 Å². The van der Waals surface area contributed by atoms with Crippen molar-refractivity contribution in [1.29, 1.82) is 0 Å². The summed E-state index contributed by atoms with van der Waals surface area (Å²) in [6.45, 7) is 1.61. The highest BCUT2D eigenvalue weighted by Crippen LogP contribution is 2.33. The number of aliphatic hydroxyl groups excluding tert-OH is 11. The predicted octanol–water partition coefficient (Wildman–Crippen LogP) is 8.88. The van der Waals surface area contributed by atoms with E-state index in [0.717, 1.165) is 109 Å². The Morgan fingerprint density at radius 1 is 0.411 bits per heavy atom. The van der Waals surface area contributed by atoms with E-state index in [2.05, 4.69) is 116 Å². The Morgan fingerprint density at radius 3 is 1.20 bits per heavy atom. The lowest BCUT2D eigenvalue weighted by molar-refractivity contribution is -0.379. The Kier molecular flexibility index (Phi) is 46.8. The van der Waals surface area contributed by atoms with Crippen molar-refractivity contribution in [2.75, 3.05) is 26.4 Å². The zero-order chi connectivity index (χ0) is 65.4. The molecule has 19 heteroatoms. The van der Waals surface area contributed by atoms with Crippen LogP contribution in [0.2, 0.25) is 0 Å². The molecule has 0 spiro atoms. The number of rotatable bonds is 51. The van der Waals surface area contributed by atoms with Crippen molar-refractivity contribution in [1.82, 2.24) is 5.32 Å². The fourth-order valence-electron chi connectivity index (χ4n) is 11.1. The number of unbranched alkanes of at least 4 members (excludes halogenated alkanes) is 19. The third-order valence-corrected chi connectivity index (χ3v) is 16.7. The van der Waals surface area contributed by atoms with Crippen molar-refractivity contribution in [3.8, 4) is 0 Å². The van der Waals surface area contributed by atoms with Crippen LogP contribution in [-0.2, 0) is 33.2 Å². The van der Waals surface area contributed by atoms with Gasteiger partial charge in [0, 0.05) is 6.42 Å². The average Bonchev–Trinajstić information content (AvgIpc) is 0.847. The highest BCUT2D eigenvalue weighted by Gasteiger charge is 2.53. The largest absolute Gasteiger partial charge is 0.394 e. The van der Waals surface area contributed by atoms with Gasteiger partial charge in [-0.1, -0.05) is 227 Å². The topological polar surface area (TPSA) is 307 Å². The fraction of sp³-hybridized carbons (Fsp3) is 0.761. The van der Waals surface area contributed by atoms with Crippen LogP contribution in [-0.4, -0.2) is 193 Å². The van der Waals surface area contributed by atoms with Crippen molar-refractivity contribution < 1.29 is 89.4 Å². The third kappa shape index (κ3) is 33.7. The summed E-state index contributed by atoms with van der Waals surface area (Å²) < 4.78 is 34.3. The Bertz CT molecular complexity index is 2010. The van der Waals surface area contributed by atoms with Crippen molar-refractivity contribution in [3.63, 3.8) is 0 Å². The number of carbonyl (C=O) groups excluding carboxylic acids is 1. The summed E-state index contributed by atoms with van der Waals surface area (Å²) in [6.07, 6.45) is 41.1. The minimum atomic E-state index is -1.97. The predicted molar refractivity (Wildman–Crippen MR) is 351 cm³/mol. The van der Waals surface area contributed by atoms with E-state index in [9.17, 15) is 61.0 Å². The number of allylic oxidation sites excluding steroid dienone is 16. The summed E-state index contributed by atoms with van der Waals surface area (Å²) in [5.41, 5.74) is 0. The molecular formula is C71H121NO18. The molecular weight excluding hydrogens is 1150 g/mol. The summed E-state index contributed by atoms with van der Waals surface area (Å²) in [4.78, 5) is 13.3. The van der Waals surface area contributed by atoms with E-state index in [1.54, 1.807) is 0 Å². The molecule has 19 nitrogen and oxygen atoms in total. The number of ether oxygens (including phenoxy) is 6. The van der Waals surface area contributed by atoms with Gasteiger partial charge in [-0.3, -0.25) is 4.79 Å². The van der Waals surface area contributed by atoms with Gasteiger partial charge in [0.25, 0.3) is 0 Å². The molecule has 17 atom stereocenters. The zero-order valence-corrected chi connectivity index (χ0v) is 54.6. The molecule has 17 unspecified atom stereocenters. The van der Waals surface area contributed by atoms with E-state index in [1.165, 1.54) is 70.6 Å². The lowest BCUT2D eigenvalue weighted by Gasteiger charge is -2.48. The second-order valence-corrected chi connectivity index (χ2v) is 24.3. The molecule has 518 valence electrons. The smallest absolute Gasteiger partial charge is 0.220 e. The number of hydrogen-bond acceptors (Lipinski definition) is 18. The van der Waals surface area contributed by atoms with E-state index < -0.39 is 124 Å². The Balaban J connectivity index is 1.30. The Labute approximate surface area is 539 Å². The molecule has 3 saturated heterocycles. The highest BCUT2D eigenvalue weighted by molar-refractivity contribution is 5.76. The molecule has 0 aromatic heterocycles. The van der Waals surface area contributed by atoms with Gasteiger partial charge in [-0.05, 0) is 77.0 Å². The van der Waals surface area contributed by atoms with Crippen LogP contribution >= 0.6 is 0 Å². The third-order valence-electron chi connectivity index (χ3n) is 16.7. The molecule has 0 saturated carbocycles. The molecule has 90 heavy (non-hydrogen) atoms. The maximum Gasteiger partial charge on any atom is 0.220 e. The van der Waals surface area contributed by atoms with Crippen molar-refractivity contribution >= 4 is 5.91 Å². The van der Waals surface area contributed by atoms with Crippen LogP contribution in [0.1, 0.15) is 213 Å². The zero-order valence-electron chi connectivity index (χ0n) is 54.6. The van der Waals surface area contributed by atoms with E-state index >= 15 is 0 Å². The molecule has 3 fully saturated rings. The molecule has 0 radical (unpaired) electrons. The van der Waals surface area contributed by atoms with Crippen LogP contribution in [0.5, 0.6) is 0 Å². The molecule has 0 bridgehead atoms. The minimum absolute atomic E-state index is 0.253. The summed E-state index contributed by atoms with van der Waals surface area (Å²) in [5.74, 6) is -0.253. The number of hydrogen-bond donors (Lipinski definition) is 12. The van der Waals surface area contributed by atoms with Gasteiger partial charge in [0.2, 0.25) is 5.91 Å². The molecule has 12 N–H and O–H groups in total. The molecule has 3 heterocycles. The summed E-state index contributed by atoms with van der Waals surface area (Å²) in [7, 11) is 0. The van der Waals surface area contributed by atoms with Gasteiger partial charge in [0.15, 0.2) is 18.9 Å². The van der Waals surface area contributed by atoms with Crippen LogP contribution in [0.15, 0.2) is 97.2 Å². The first-order valence-electron chi connectivity index (χ1n) is 34.5. The molecule has 1 amide bonds. The molecule has 3 aliphatic heterocycles. The van der Waals surface area contributed by atoms with E-state index in [-0.39, 0.29) is 18.9 Å².